The van der Waals surface area contributed by atoms with Crippen LogP contribution in [-0.4, -0.2) is 23.8 Å². The van der Waals surface area contributed by atoms with Gasteiger partial charge in [0.2, 0.25) is 0 Å². The summed E-state index contributed by atoms with van der Waals surface area (Å²) >= 11 is 0. The van der Waals surface area contributed by atoms with Crippen molar-refractivity contribution in [2.75, 3.05) is 6.54 Å². The molecule has 0 saturated carbocycles. The Balaban J connectivity index is 3.18. The summed E-state index contributed by atoms with van der Waals surface area (Å²) in [4.78, 5) is 0. The van der Waals surface area contributed by atoms with Gasteiger partial charge in [0.1, 0.15) is 0 Å². The number of nitriles is 1. The highest BCUT2D eigenvalue weighted by Gasteiger charge is 2.03. The number of unbranched alkanes of at least 4 members (excludes halogenated alkanes) is 2. The molecule has 0 aromatic heterocycles. The van der Waals surface area contributed by atoms with Crippen LogP contribution in [0.3, 0.4) is 0 Å². The number of rotatable bonds is 7. The summed E-state index contributed by atoms with van der Waals surface area (Å²) in [5.74, 6) is 0. The summed E-state index contributed by atoms with van der Waals surface area (Å²) in [6, 6.07) is 2.48. The van der Waals surface area contributed by atoms with Gasteiger partial charge in [0.15, 0.2) is 0 Å². The van der Waals surface area contributed by atoms with Gasteiger partial charge < -0.3 is 10.4 Å². The predicted molar refractivity (Wildman–Crippen MR) is 53.2 cm³/mol. The Labute approximate surface area is 80.8 Å². The lowest BCUT2D eigenvalue weighted by Crippen LogP contribution is -2.29. The quantitative estimate of drug-likeness (QED) is 0.588. The third-order valence-electron chi connectivity index (χ3n) is 1.90. The molecule has 0 saturated heterocycles. The van der Waals surface area contributed by atoms with E-state index in [0.29, 0.717) is 12.5 Å². The van der Waals surface area contributed by atoms with E-state index in [-0.39, 0.29) is 6.10 Å². The molecule has 3 nitrogen and oxygen atoms in total. The first-order valence-electron chi connectivity index (χ1n) is 4.95. The molecule has 0 spiro atoms. The van der Waals surface area contributed by atoms with Crippen molar-refractivity contribution < 1.29 is 5.11 Å². The van der Waals surface area contributed by atoms with E-state index in [4.69, 9.17) is 10.4 Å². The molecule has 0 aromatic rings. The number of hydrogen-bond acceptors (Lipinski definition) is 3. The second-order valence-corrected chi connectivity index (χ2v) is 3.56. The summed E-state index contributed by atoms with van der Waals surface area (Å²) in [5.41, 5.74) is 0. The molecule has 2 atom stereocenters. The van der Waals surface area contributed by atoms with E-state index in [1.165, 1.54) is 0 Å². The average molecular weight is 184 g/mol. The Bertz CT molecular complexity index is 151. The molecule has 2 N–H and O–H groups in total. The van der Waals surface area contributed by atoms with Crippen LogP contribution in [-0.2, 0) is 0 Å². The van der Waals surface area contributed by atoms with Crippen LogP contribution >= 0.6 is 0 Å². The first-order valence-corrected chi connectivity index (χ1v) is 4.95. The molecule has 0 aliphatic rings. The molecule has 0 fully saturated rings. The van der Waals surface area contributed by atoms with Crippen LogP contribution < -0.4 is 5.32 Å². The van der Waals surface area contributed by atoms with Gasteiger partial charge in [-0.1, -0.05) is 0 Å². The zero-order valence-electron chi connectivity index (χ0n) is 8.58. The van der Waals surface area contributed by atoms with E-state index < -0.39 is 0 Å². The van der Waals surface area contributed by atoms with Crippen molar-refractivity contribution in [2.24, 2.45) is 0 Å². The lowest BCUT2D eigenvalue weighted by Gasteiger charge is -2.14. The van der Waals surface area contributed by atoms with E-state index in [1.54, 1.807) is 6.92 Å². The van der Waals surface area contributed by atoms with Gasteiger partial charge >= 0.3 is 0 Å². The Kier molecular flexibility index (Phi) is 7.66. The molecule has 0 rings (SSSR count). The van der Waals surface area contributed by atoms with Crippen molar-refractivity contribution in [3.63, 3.8) is 0 Å². The second kappa shape index (κ2) is 8.03. The molecule has 0 heterocycles. The maximum absolute atomic E-state index is 9.08. The Morgan fingerprint density at radius 2 is 2.08 bits per heavy atom. The third-order valence-corrected chi connectivity index (χ3v) is 1.90. The van der Waals surface area contributed by atoms with Crippen molar-refractivity contribution in [1.29, 1.82) is 5.26 Å². The second-order valence-electron chi connectivity index (χ2n) is 3.56. The van der Waals surface area contributed by atoms with Crippen molar-refractivity contribution in [2.45, 2.75) is 51.7 Å². The summed E-state index contributed by atoms with van der Waals surface area (Å²) in [7, 11) is 0. The van der Waals surface area contributed by atoms with Crippen molar-refractivity contribution in [3.8, 4) is 6.07 Å². The average Bonchev–Trinajstić information content (AvgIpc) is 2.02. The molecule has 0 radical (unpaired) electrons. The van der Waals surface area contributed by atoms with Gasteiger partial charge in [-0.25, -0.2) is 0 Å². The third kappa shape index (κ3) is 9.32. The van der Waals surface area contributed by atoms with Gasteiger partial charge in [-0.15, -0.1) is 0 Å². The molecule has 0 aliphatic heterocycles. The summed E-state index contributed by atoms with van der Waals surface area (Å²) < 4.78 is 0. The van der Waals surface area contributed by atoms with Gasteiger partial charge in [0, 0.05) is 12.5 Å². The normalized spacial score (nSPS) is 14.9. The zero-order chi connectivity index (χ0) is 10.1. The molecule has 76 valence electrons. The van der Waals surface area contributed by atoms with Gasteiger partial charge in [-0.2, -0.15) is 5.26 Å². The number of nitrogens with one attached hydrogen (secondary N) is 1. The Morgan fingerprint density at radius 1 is 1.38 bits per heavy atom. The van der Waals surface area contributed by atoms with E-state index >= 15 is 0 Å². The molecule has 0 amide bonds. The van der Waals surface area contributed by atoms with Gasteiger partial charge in [-0.3, -0.25) is 0 Å². The number of aliphatic hydroxyl groups excluding tert-OH is 1. The van der Waals surface area contributed by atoms with E-state index in [9.17, 15) is 0 Å². The van der Waals surface area contributed by atoms with E-state index in [0.717, 1.165) is 25.8 Å². The monoisotopic (exact) mass is 184 g/mol. The van der Waals surface area contributed by atoms with E-state index in [1.807, 2.05) is 0 Å². The van der Waals surface area contributed by atoms with Gasteiger partial charge in [-0.05, 0) is 39.7 Å². The van der Waals surface area contributed by atoms with Crippen LogP contribution in [0.2, 0.25) is 0 Å². The molecule has 0 bridgehead atoms. The van der Waals surface area contributed by atoms with Crippen LogP contribution in [0.1, 0.15) is 39.5 Å². The largest absolute Gasteiger partial charge is 0.393 e. The van der Waals surface area contributed by atoms with Crippen molar-refractivity contribution in [1.82, 2.24) is 5.32 Å². The van der Waals surface area contributed by atoms with Crippen LogP contribution in [0.4, 0.5) is 0 Å². The van der Waals surface area contributed by atoms with Crippen LogP contribution in [0.15, 0.2) is 0 Å². The maximum Gasteiger partial charge on any atom is 0.0621 e. The van der Waals surface area contributed by atoms with E-state index in [2.05, 4.69) is 18.3 Å². The number of aliphatic hydroxyl groups is 1. The van der Waals surface area contributed by atoms with Crippen molar-refractivity contribution in [3.05, 3.63) is 0 Å². The topological polar surface area (TPSA) is 56.0 Å². The van der Waals surface area contributed by atoms with Crippen molar-refractivity contribution >= 4 is 0 Å². The highest BCUT2D eigenvalue weighted by molar-refractivity contribution is 4.69. The number of nitrogens with zero attached hydrogens (tertiary/aromatic N) is 1. The smallest absolute Gasteiger partial charge is 0.0621 e. The van der Waals surface area contributed by atoms with Crippen LogP contribution in [0.5, 0.6) is 0 Å². The van der Waals surface area contributed by atoms with Gasteiger partial charge in [0.25, 0.3) is 0 Å². The molecular formula is C10H20N2O. The lowest BCUT2D eigenvalue weighted by atomic mass is 10.1. The molecule has 0 aliphatic carbocycles. The SMILES string of the molecule is CC(O)CC(C)NCCCCC#N. The minimum atomic E-state index is -0.235. The summed E-state index contributed by atoms with van der Waals surface area (Å²) in [6.07, 6.45) is 3.20. The maximum atomic E-state index is 9.08. The van der Waals surface area contributed by atoms with Gasteiger partial charge in [0.05, 0.1) is 12.2 Å². The molecular weight excluding hydrogens is 164 g/mol. The predicted octanol–water partition coefficient (Wildman–Crippen LogP) is 1.43. The fourth-order valence-electron chi connectivity index (χ4n) is 1.27. The highest BCUT2D eigenvalue weighted by Crippen LogP contribution is 1.97. The Hall–Kier alpha value is -0.590. The minimum absolute atomic E-state index is 0.235. The first kappa shape index (κ1) is 12.4. The first-order chi connectivity index (χ1) is 6.16. The highest BCUT2D eigenvalue weighted by atomic mass is 16.3. The molecule has 13 heavy (non-hydrogen) atoms. The fraction of sp³-hybridized carbons (Fsp3) is 0.900. The fourth-order valence-corrected chi connectivity index (χ4v) is 1.27. The molecule has 3 heteroatoms. The summed E-state index contributed by atoms with van der Waals surface area (Å²) in [5, 5.41) is 20.7. The Morgan fingerprint density at radius 3 is 2.62 bits per heavy atom. The molecule has 0 aromatic carbocycles. The molecule has 2 unspecified atom stereocenters. The summed E-state index contributed by atoms with van der Waals surface area (Å²) in [6.45, 7) is 4.81. The van der Waals surface area contributed by atoms with Crippen LogP contribution in [0.25, 0.3) is 0 Å². The van der Waals surface area contributed by atoms with Crippen LogP contribution in [0, 0.1) is 11.3 Å². The lowest BCUT2D eigenvalue weighted by molar-refractivity contribution is 0.170. The number of hydrogen-bond donors (Lipinski definition) is 2. The zero-order valence-corrected chi connectivity index (χ0v) is 8.58. The minimum Gasteiger partial charge on any atom is -0.393 e. The standard InChI is InChI=1S/C10H20N2O/c1-9(8-10(2)13)12-7-5-3-4-6-11/h9-10,12-13H,3-5,7-8H2,1-2H3.